The van der Waals surface area contributed by atoms with Crippen molar-refractivity contribution in [3.8, 4) is 0 Å². The maximum atomic E-state index is 12.6. The van der Waals surface area contributed by atoms with Gasteiger partial charge in [0.05, 0.1) is 6.54 Å². The number of hydrogen-bond acceptors (Lipinski definition) is 3. The van der Waals surface area contributed by atoms with Crippen LogP contribution in [0.4, 0.5) is 4.79 Å². The first-order chi connectivity index (χ1) is 9.50. The van der Waals surface area contributed by atoms with Crippen LogP contribution in [0.15, 0.2) is 17.5 Å². The lowest BCUT2D eigenvalue weighted by molar-refractivity contribution is -0.141. The largest absolute Gasteiger partial charge is 0.480 e. The molecule has 0 bridgehead atoms. The number of aliphatic carboxylic acids is 1. The van der Waals surface area contributed by atoms with E-state index in [0.29, 0.717) is 19.5 Å². The number of urea groups is 1. The zero-order chi connectivity index (χ0) is 14.7. The lowest BCUT2D eigenvalue weighted by Gasteiger charge is -2.32. The van der Waals surface area contributed by atoms with E-state index in [4.69, 9.17) is 0 Å². The lowest BCUT2D eigenvalue weighted by Crippen LogP contribution is -2.49. The van der Waals surface area contributed by atoms with Crippen molar-refractivity contribution < 1.29 is 14.7 Å². The van der Waals surface area contributed by atoms with E-state index in [-0.39, 0.29) is 12.1 Å². The van der Waals surface area contributed by atoms with Gasteiger partial charge < -0.3 is 14.9 Å². The molecular weight excluding hydrogens is 276 g/mol. The molecule has 0 aromatic carbocycles. The molecule has 1 aliphatic heterocycles. The van der Waals surface area contributed by atoms with E-state index in [1.54, 1.807) is 16.2 Å². The van der Waals surface area contributed by atoms with Crippen molar-refractivity contribution in [2.75, 3.05) is 6.54 Å². The molecule has 110 valence electrons. The van der Waals surface area contributed by atoms with Crippen LogP contribution in [0.3, 0.4) is 0 Å². The van der Waals surface area contributed by atoms with Crippen molar-refractivity contribution in [3.05, 3.63) is 22.4 Å². The highest BCUT2D eigenvalue weighted by molar-refractivity contribution is 7.09. The van der Waals surface area contributed by atoms with Gasteiger partial charge in [0.2, 0.25) is 0 Å². The maximum absolute atomic E-state index is 12.6. The normalized spacial score (nSPS) is 18.6. The van der Waals surface area contributed by atoms with Crippen molar-refractivity contribution >= 4 is 23.3 Å². The van der Waals surface area contributed by atoms with Gasteiger partial charge in [-0.2, -0.15) is 0 Å². The van der Waals surface area contributed by atoms with E-state index in [1.807, 2.05) is 31.4 Å². The molecule has 1 fully saturated rings. The number of rotatable bonds is 4. The minimum Gasteiger partial charge on any atom is -0.480 e. The van der Waals surface area contributed by atoms with E-state index < -0.39 is 12.0 Å². The fraction of sp³-hybridized carbons (Fsp3) is 0.571. The minimum absolute atomic E-state index is 0.0413. The van der Waals surface area contributed by atoms with Crippen molar-refractivity contribution in [2.24, 2.45) is 0 Å². The summed E-state index contributed by atoms with van der Waals surface area (Å²) in [6, 6.07) is 3.15. The molecule has 20 heavy (non-hydrogen) atoms. The van der Waals surface area contributed by atoms with Gasteiger partial charge in [-0.3, -0.25) is 0 Å². The monoisotopic (exact) mass is 296 g/mol. The second-order valence-corrected chi connectivity index (χ2v) is 6.31. The summed E-state index contributed by atoms with van der Waals surface area (Å²) < 4.78 is 0. The molecule has 0 spiro atoms. The summed E-state index contributed by atoms with van der Waals surface area (Å²) in [6.45, 7) is 4.98. The lowest BCUT2D eigenvalue weighted by atomic mass is 10.2. The van der Waals surface area contributed by atoms with Crippen LogP contribution in [-0.4, -0.2) is 45.5 Å². The molecule has 0 radical (unpaired) electrons. The van der Waals surface area contributed by atoms with Gasteiger partial charge >= 0.3 is 12.0 Å². The van der Waals surface area contributed by atoms with E-state index in [1.165, 1.54) is 4.90 Å². The fourth-order valence-electron chi connectivity index (χ4n) is 2.46. The number of thiophene rings is 1. The summed E-state index contributed by atoms with van der Waals surface area (Å²) in [5, 5.41) is 11.2. The highest BCUT2D eigenvalue weighted by Crippen LogP contribution is 2.22. The Balaban J connectivity index is 2.12. The smallest absolute Gasteiger partial charge is 0.326 e. The standard InChI is InChI=1S/C14H20N2O3S/c1-10(2)16(9-11-5-4-8-20-11)14(19)15-7-3-6-12(15)13(17)18/h4-5,8,10,12H,3,6-7,9H2,1-2H3,(H,17,18)/t12-/m0/s1. The Morgan fingerprint density at radius 1 is 1.55 bits per heavy atom. The summed E-state index contributed by atoms with van der Waals surface area (Å²) in [7, 11) is 0. The quantitative estimate of drug-likeness (QED) is 0.929. The fourth-order valence-corrected chi connectivity index (χ4v) is 3.16. The number of carbonyl (C=O) groups is 2. The molecule has 1 aromatic heterocycles. The number of carboxylic acids is 1. The molecule has 1 aromatic rings. The first-order valence-corrected chi connectivity index (χ1v) is 7.71. The van der Waals surface area contributed by atoms with Gasteiger partial charge in [0.15, 0.2) is 0 Å². The first kappa shape index (κ1) is 14.8. The van der Waals surface area contributed by atoms with Crippen molar-refractivity contribution in [1.82, 2.24) is 9.80 Å². The van der Waals surface area contributed by atoms with Crippen LogP contribution in [0, 0.1) is 0 Å². The summed E-state index contributed by atoms with van der Waals surface area (Å²) in [5.74, 6) is -0.907. The number of carbonyl (C=O) groups excluding carboxylic acids is 1. The molecule has 1 atom stereocenters. The van der Waals surface area contributed by atoms with E-state index in [2.05, 4.69) is 0 Å². The van der Waals surface area contributed by atoms with Gasteiger partial charge in [-0.15, -0.1) is 11.3 Å². The molecule has 2 rings (SSSR count). The number of hydrogen-bond donors (Lipinski definition) is 1. The van der Waals surface area contributed by atoms with Crippen LogP contribution in [0.2, 0.25) is 0 Å². The van der Waals surface area contributed by atoms with Crippen LogP contribution in [0.5, 0.6) is 0 Å². The Morgan fingerprint density at radius 2 is 2.30 bits per heavy atom. The SMILES string of the molecule is CC(C)N(Cc1cccs1)C(=O)N1CCC[C@H]1C(=O)O. The Hall–Kier alpha value is -1.56. The molecule has 1 N–H and O–H groups in total. The predicted octanol–water partition coefficient (Wildman–Crippen LogP) is 2.63. The van der Waals surface area contributed by atoms with Gasteiger partial charge in [0.25, 0.3) is 0 Å². The van der Waals surface area contributed by atoms with Crippen LogP contribution in [0.25, 0.3) is 0 Å². The molecule has 2 heterocycles. The predicted molar refractivity (Wildman–Crippen MR) is 77.8 cm³/mol. The third-order valence-corrected chi connectivity index (χ3v) is 4.42. The van der Waals surface area contributed by atoms with Gasteiger partial charge in [0.1, 0.15) is 6.04 Å². The molecule has 6 heteroatoms. The first-order valence-electron chi connectivity index (χ1n) is 6.83. The maximum Gasteiger partial charge on any atom is 0.326 e. The highest BCUT2D eigenvalue weighted by Gasteiger charge is 2.36. The summed E-state index contributed by atoms with van der Waals surface area (Å²) in [5.41, 5.74) is 0. The number of carboxylic acid groups (broad SMARTS) is 1. The Kier molecular flexibility index (Phi) is 4.65. The number of nitrogens with zero attached hydrogens (tertiary/aromatic N) is 2. The van der Waals surface area contributed by atoms with Crippen molar-refractivity contribution in [3.63, 3.8) is 0 Å². The van der Waals surface area contributed by atoms with E-state index in [9.17, 15) is 14.7 Å². The molecule has 0 unspecified atom stereocenters. The average molecular weight is 296 g/mol. The topological polar surface area (TPSA) is 60.9 Å². The van der Waals surface area contributed by atoms with Crippen molar-refractivity contribution in [2.45, 2.75) is 45.3 Å². The highest BCUT2D eigenvalue weighted by atomic mass is 32.1. The third kappa shape index (κ3) is 3.12. The Bertz CT molecular complexity index is 473. The third-order valence-electron chi connectivity index (χ3n) is 3.56. The Morgan fingerprint density at radius 3 is 2.85 bits per heavy atom. The molecule has 1 aliphatic rings. The van der Waals surface area contributed by atoms with E-state index >= 15 is 0 Å². The van der Waals surface area contributed by atoms with Crippen LogP contribution in [0.1, 0.15) is 31.6 Å². The Labute approximate surface area is 122 Å². The summed E-state index contributed by atoms with van der Waals surface area (Å²) in [6.07, 6.45) is 1.31. The number of amides is 2. The summed E-state index contributed by atoms with van der Waals surface area (Å²) in [4.78, 5) is 28.2. The number of likely N-dealkylation sites (tertiary alicyclic amines) is 1. The zero-order valence-corrected chi connectivity index (χ0v) is 12.6. The van der Waals surface area contributed by atoms with E-state index in [0.717, 1.165) is 11.3 Å². The average Bonchev–Trinajstić information content (AvgIpc) is 3.05. The van der Waals surface area contributed by atoms with Crippen LogP contribution < -0.4 is 0 Å². The second kappa shape index (κ2) is 6.26. The van der Waals surface area contributed by atoms with Gasteiger partial charge in [-0.25, -0.2) is 9.59 Å². The molecule has 1 saturated heterocycles. The minimum atomic E-state index is -0.907. The molecule has 0 saturated carbocycles. The van der Waals surface area contributed by atoms with Crippen LogP contribution in [-0.2, 0) is 11.3 Å². The second-order valence-electron chi connectivity index (χ2n) is 5.27. The van der Waals surface area contributed by atoms with Gasteiger partial charge in [-0.1, -0.05) is 6.07 Å². The molecule has 2 amide bonds. The zero-order valence-electron chi connectivity index (χ0n) is 11.8. The van der Waals surface area contributed by atoms with Gasteiger partial charge in [-0.05, 0) is 38.1 Å². The molecule has 5 nitrogen and oxygen atoms in total. The van der Waals surface area contributed by atoms with Crippen LogP contribution >= 0.6 is 11.3 Å². The molecule has 0 aliphatic carbocycles. The summed E-state index contributed by atoms with van der Waals surface area (Å²) >= 11 is 1.61. The van der Waals surface area contributed by atoms with Crippen molar-refractivity contribution in [1.29, 1.82) is 0 Å². The molecular formula is C14H20N2O3S. The van der Waals surface area contributed by atoms with Gasteiger partial charge in [0, 0.05) is 17.5 Å².